The SMILES string of the molecule is Cc1cc(C)cc(OCCC2CC2)c1. The zero-order chi connectivity index (χ0) is 9.97. The molecular formula is C13H18O. The Kier molecular flexibility index (Phi) is 2.76. The second-order valence-corrected chi connectivity index (χ2v) is 4.40. The molecule has 1 fully saturated rings. The Balaban J connectivity index is 1.87. The van der Waals surface area contributed by atoms with E-state index in [0.717, 1.165) is 18.3 Å². The first-order valence-corrected chi connectivity index (χ1v) is 5.45. The number of rotatable bonds is 4. The van der Waals surface area contributed by atoms with Crippen LogP contribution in [-0.2, 0) is 0 Å². The molecule has 0 saturated heterocycles. The Bertz CT molecular complexity index is 293. The standard InChI is InChI=1S/C13H18O/c1-10-7-11(2)9-13(8-10)14-6-5-12-3-4-12/h7-9,12H,3-6H2,1-2H3. The van der Waals surface area contributed by atoms with Gasteiger partial charge >= 0.3 is 0 Å². The summed E-state index contributed by atoms with van der Waals surface area (Å²) in [7, 11) is 0. The van der Waals surface area contributed by atoms with E-state index in [1.54, 1.807) is 0 Å². The smallest absolute Gasteiger partial charge is 0.119 e. The molecule has 0 aliphatic heterocycles. The molecule has 0 N–H and O–H groups in total. The van der Waals surface area contributed by atoms with Crippen molar-refractivity contribution in [1.29, 1.82) is 0 Å². The van der Waals surface area contributed by atoms with E-state index < -0.39 is 0 Å². The molecule has 14 heavy (non-hydrogen) atoms. The van der Waals surface area contributed by atoms with Crippen LogP contribution in [0.5, 0.6) is 5.75 Å². The Labute approximate surface area is 86.1 Å². The highest BCUT2D eigenvalue weighted by atomic mass is 16.5. The molecule has 0 aromatic heterocycles. The normalized spacial score (nSPS) is 15.6. The lowest BCUT2D eigenvalue weighted by Crippen LogP contribution is -1.98. The summed E-state index contributed by atoms with van der Waals surface area (Å²) in [5.74, 6) is 1.99. The Morgan fingerprint density at radius 3 is 2.36 bits per heavy atom. The van der Waals surface area contributed by atoms with Crippen LogP contribution in [0.1, 0.15) is 30.4 Å². The first-order chi connectivity index (χ1) is 6.74. The minimum absolute atomic E-state index is 0.882. The Morgan fingerprint density at radius 2 is 1.79 bits per heavy atom. The largest absolute Gasteiger partial charge is 0.494 e. The lowest BCUT2D eigenvalue weighted by Gasteiger charge is -2.07. The van der Waals surface area contributed by atoms with Gasteiger partial charge in [-0.2, -0.15) is 0 Å². The summed E-state index contributed by atoms with van der Waals surface area (Å²) in [5, 5.41) is 0. The highest BCUT2D eigenvalue weighted by Gasteiger charge is 2.20. The molecule has 0 atom stereocenters. The van der Waals surface area contributed by atoms with E-state index in [1.807, 2.05) is 0 Å². The van der Waals surface area contributed by atoms with Crippen molar-refractivity contribution >= 4 is 0 Å². The van der Waals surface area contributed by atoms with Crippen LogP contribution in [0.4, 0.5) is 0 Å². The maximum absolute atomic E-state index is 5.72. The van der Waals surface area contributed by atoms with Crippen molar-refractivity contribution in [3.05, 3.63) is 29.3 Å². The molecule has 1 aliphatic rings. The summed E-state index contributed by atoms with van der Waals surface area (Å²) in [4.78, 5) is 0. The van der Waals surface area contributed by atoms with Crippen molar-refractivity contribution in [2.75, 3.05) is 6.61 Å². The molecule has 1 aromatic carbocycles. The molecule has 0 amide bonds. The summed E-state index contributed by atoms with van der Waals surface area (Å²) in [6, 6.07) is 6.40. The van der Waals surface area contributed by atoms with E-state index in [0.29, 0.717) is 0 Å². The monoisotopic (exact) mass is 190 g/mol. The van der Waals surface area contributed by atoms with Gasteiger partial charge in [-0.15, -0.1) is 0 Å². The number of ether oxygens (including phenoxy) is 1. The molecule has 0 bridgehead atoms. The molecule has 76 valence electrons. The molecule has 0 spiro atoms. The number of benzene rings is 1. The van der Waals surface area contributed by atoms with E-state index >= 15 is 0 Å². The van der Waals surface area contributed by atoms with Gasteiger partial charge in [0.2, 0.25) is 0 Å². The molecule has 1 saturated carbocycles. The van der Waals surface area contributed by atoms with E-state index in [1.165, 1.54) is 30.4 Å². The minimum atomic E-state index is 0.882. The highest BCUT2D eigenvalue weighted by Crippen LogP contribution is 2.32. The summed E-state index contributed by atoms with van der Waals surface area (Å²) in [6.07, 6.45) is 4.05. The van der Waals surface area contributed by atoms with Crippen molar-refractivity contribution in [2.45, 2.75) is 33.1 Å². The van der Waals surface area contributed by atoms with Gasteiger partial charge in [-0.05, 0) is 49.4 Å². The number of aryl methyl sites for hydroxylation is 2. The van der Waals surface area contributed by atoms with Crippen LogP contribution in [0, 0.1) is 19.8 Å². The van der Waals surface area contributed by atoms with Crippen LogP contribution in [0.15, 0.2) is 18.2 Å². The van der Waals surface area contributed by atoms with E-state index in [9.17, 15) is 0 Å². The molecular weight excluding hydrogens is 172 g/mol. The first kappa shape index (κ1) is 9.57. The van der Waals surface area contributed by atoms with Crippen molar-refractivity contribution < 1.29 is 4.74 Å². The summed E-state index contributed by atoms with van der Waals surface area (Å²) in [6.45, 7) is 5.11. The summed E-state index contributed by atoms with van der Waals surface area (Å²) < 4.78 is 5.72. The van der Waals surface area contributed by atoms with Gasteiger partial charge in [0.15, 0.2) is 0 Å². The third-order valence-corrected chi connectivity index (χ3v) is 2.69. The fraction of sp³-hybridized carbons (Fsp3) is 0.538. The van der Waals surface area contributed by atoms with Gasteiger partial charge in [-0.3, -0.25) is 0 Å². The zero-order valence-electron chi connectivity index (χ0n) is 9.05. The Hall–Kier alpha value is -0.980. The van der Waals surface area contributed by atoms with Crippen molar-refractivity contribution in [3.8, 4) is 5.75 Å². The quantitative estimate of drug-likeness (QED) is 0.706. The van der Waals surface area contributed by atoms with Crippen LogP contribution < -0.4 is 4.74 Å². The van der Waals surface area contributed by atoms with Crippen LogP contribution in [0.3, 0.4) is 0 Å². The van der Waals surface area contributed by atoms with Gasteiger partial charge in [-0.25, -0.2) is 0 Å². The van der Waals surface area contributed by atoms with Crippen molar-refractivity contribution in [1.82, 2.24) is 0 Å². The van der Waals surface area contributed by atoms with Crippen LogP contribution in [0.2, 0.25) is 0 Å². The maximum atomic E-state index is 5.72. The summed E-state index contributed by atoms with van der Waals surface area (Å²) >= 11 is 0. The third kappa shape index (κ3) is 2.76. The number of hydrogen-bond donors (Lipinski definition) is 0. The van der Waals surface area contributed by atoms with E-state index in [4.69, 9.17) is 4.74 Å². The molecule has 1 aromatic rings. The molecule has 1 nitrogen and oxygen atoms in total. The van der Waals surface area contributed by atoms with Gasteiger partial charge in [0, 0.05) is 0 Å². The van der Waals surface area contributed by atoms with Crippen molar-refractivity contribution in [2.24, 2.45) is 5.92 Å². The minimum Gasteiger partial charge on any atom is -0.494 e. The average molecular weight is 190 g/mol. The topological polar surface area (TPSA) is 9.23 Å². The van der Waals surface area contributed by atoms with Gasteiger partial charge in [0.1, 0.15) is 5.75 Å². The molecule has 1 heteroatoms. The lowest BCUT2D eigenvalue weighted by molar-refractivity contribution is 0.302. The van der Waals surface area contributed by atoms with Gasteiger partial charge < -0.3 is 4.74 Å². The Morgan fingerprint density at radius 1 is 1.14 bits per heavy atom. The van der Waals surface area contributed by atoms with Crippen LogP contribution in [0.25, 0.3) is 0 Å². The van der Waals surface area contributed by atoms with Crippen molar-refractivity contribution in [3.63, 3.8) is 0 Å². The summed E-state index contributed by atoms with van der Waals surface area (Å²) in [5.41, 5.74) is 2.57. The first-order valence-electron chi connectivity index (χ1n) is 5.45. The van der Waals surface area contributed by atoms with E-state index in [2.05, 4.69) is 32.0 Å². The molecule has 2 rings (SSSR count). The molecule has 0 radical (unpaired) electrons. The third-order valence-electron chi connectivity index (χ3n) is 2.69. The molecule has 0 unspecified atom stereocenters. The second kappa shape index (κ2) is 4.04. The van der Waals surface area contributed by atoms with Gasteiger partial charge in [0.25, 0.3) is 0 Å². The average Bonchev–Trinajstić information content (AvgIpc) is 2.86. The second-order valence-electron chi connectivity index (χ2n) is 4.40. The van der Waals surface area contributed by atoms with Crippen LogP contribution in [-0.4, -0.2) is 6.61 Å². The fourth-order valence-corrected chi connectivity index (χ4v) is 1.77. The lowest BCUT2D eigenvalue weighted by atomic mass is 10.1. The highest BCUT2D eigenvalue weighted by molar-refractivity contribution is 5.32. The zero-order valence-corrected chi connectivity index (χ0v) is 9.05. The van der Waals surface area contributed by atoms with E-state index in [-0.39, 0.29) is 0 Å². The van der Waals surface area contributed by atoms with Crippen LogP contribution >= 0.6 is 0 Å². The fourth-order valence-electron chi connectivity index (χ4n) is 1.77. The predicted molar refractivity (Wildman–Crippen MR) is 58.8 cm³/mol. The maximum Gasteiger partial charge on any atom is 0.119 e. The molecule has 1 aliphatic carbocycles. The predicted octanol–water partition coefficient (Wildman–Crippen LogP) is 3.48. The molecule has 0 heterocycles. The van der Waals surface area contributed by atoms with Gasteiger partial charge in [0.05, 0.1) is 6.61 Å². The van der Waals surface area contributed by atoms with Gasteiger partial charge in [-0.1, -0.05) is 18.9 Å². The number of hydrogen-bond acceptors (Lipinski definition) is 1.